The number of rotatable bonds is 2. The second-order valence-corrected chi connectivity index (χ2v) is 7.08. The van der Waals surface area contributed by atoms with Crippen molar-refractivity contribution in [3.8, 4) is 0 Å². The number of hydrogen-bond donors (Lipinski definition) is 1. The number of nitrogens with zero attached hydrogens (tertiary/aromatic N) is 2. The van der Waals surface area contributed by atoms with Crippen molar-refractivity contribution in [3.63, 3.8) is 0 Å². The van der Waals surface area contributed by atoms with Crippen molar-refractivity contribution < 1.29 is 9.21 Å². The zero-order chi connectivity index (χ0) is 16.0. The maximum absolute atomic E-state index is 12.6. The fourth-order valence-electron chi connectivity index (χ4n) is 2.77. The number of thiazole rings is 1. The molecule has 1 aromatic carbocycles. The topological polar surface area (TPSA) is 58.4 Å². The Hall–Kier alpha value is -1.89. The Balaban J connectivity index is 1.63. The number of benzene rings is 1. The maximum atomic E-state index is 12.6. The Morgan fingerprint density at radius 2 is 2.30 bits per heavy atom. The van der Waals surface area contributed by atoms with Crippen LogP contribution >= 0.6 is 22.9 Å². The molecule has 23 heavy (non-hydrogen) atoms. The van der Waals surface area contributed by atoms with E-state index in [0.717, 1.165) is 25.2 Å². The number of likely N-dealkylation sites (N-methyl/N-ethyl adjacent to an activating group) is 1. The molecule has 1 aliphatic rings. The molecule has 0 saturated heterocycles. The van der Waals surface area contributed by atoms with Crippen LogP contribution in [-0.2, 0) is 13.0 Å². The van der Waals surface area contributed by atoms with Crippen LogP contribution in [0.5, 0.6) is 0 Å². The van der Waals surface area contributed by atoms with Crippen LogP contribution in [-0.4, -0.2) is 29.4 Å². The molecule has 5 nitrogen and oxygen atoms in total. The predicted octanol–water partition coefficient (Wildman–Crippen LogP) is 3.78. The number of amides is 1. The van der Waals surface area contributed by atoms with Crippen LogP contribution < -0.4 is 5.32 Å². The van der Waals surface area contributed by atoms with Gasteiger partial charge in [0.05, 0.1) is 22.5 Å². The number of carbonyl (C=O) groups excluding carboxylic acids is 1. The highest BCUT2D eigenvalue weighted by Gasteiger charge is 2.20. The van der Waals surface area contributed by atoms with E-state index in [4.69, 9.17) is 16.0 Å². The summed E-state index contributed by atoms with van der Waals surface area (Å²) in [6.45, 7) is 1.88. The number of anilines is 1. The van der Waals surface area contributed by atoms with Crippen molar-refractivity contribution in [2.45, 2.75) is 13.0 Å². The Morgan fingerprint density at radius 1 is 1.43 bits per heavy atom. The van der Waals surface area contributed by atoms with Gasteiger partial charge in [0.2, 0.25) is 0 Å². The van der Waals surface area contributed by atoms with Gasteiger partial charge in [0.15, 0.2) is 10.7 Å². The molecule has 0 unspecified atom stereocenters. The molecule has 3 heterocycles. The summed E-state index contributed by atoms with van der Waals surface area (Å²) in [5.41, 5.74) is 2.15. The number of hydrogen-bond acceptors (Lipinski definition) is 5. The summed E-state index contributed by atoms with van der Waals surface area (Å²) in [6.07, 6.45) is 2.45. The predicted molar refractivity (Wildman–Crippen MR) is 91.3 cm³/mol. The lowest BCUT2D eigenvalue weighted by Gasteiger charge is -2.20. The van der Waals surface area contributed by atoms with Gasteiger partial charge in [0.1, 0.15) is 0 Å². The zero-order valence-corrected chi connectivity index (χ0v) is 14.0. The summed E-state index contributed by atoms with van der Waals surface area (Å²) in [4.78, 5) is 20.6. The van der Waals surface area contributed by atoms with Crippen molar-refractivity contribution in [1.82, 2.24) is 9.88 Å². The van der Waals surface area contributed by atoms with Crippen LogP contribution in [0.1, 0.15) is 20.9 Å². The van der Waals surface area contributed by atoms with Crippen LogP contribution in [0.4, 0.5) is 5.13 Å². The summed E-state index contributed by atoms with van der Waals surface area (Å²) in [5, 5.41) is 4.74. The van der Waals surface area contributed by atoms with E-state index < -0.39 is 0 Å². The lowest BCUT2D eigenvalue weighted by atomic mass is 10.1. The molecule has 0 radical (unpaired) electrons. The summed E-state index contributed by atoms with van der Waals surface area (Å²) in [7, 11) is 2.09. The zero-order valence-electron chi connectivity index (χ0n) is 12.4. The molecule has 3 aromatic rings. The van der Waals surface area contributed by atoms with Gasteiger partial charge in [-0.2, -0.15) is 0 Å². The van der Waals surface area contributed by atoms with Gasteiger partial charge >= 0.3 is 0 Å². The van der Waals surface area contributed by atoms with E-state index in [1.165, 1.54) is 22.5 Å². The van der Waals surface area contributed by atoms with E-state index in [1.807, 2.05) is 0 Å². The Morgan fingerprint density at radius 3 is 3.17 bits per heavy atom. The monoisotopic (exact) mass is 347 g/mol. The van der Waals surface area contributed by atoms with Gasteiger partial charge in [0.25, 0.3) is 5.91 Å². The molecule has 0 aliphatic carbocycles. The van der Waals surface area contributed by atoms with Gasteiger partial charge in [-0.1, -0.05) is 11.6 Å². The molecule has 1 amide bonds. The highest BCUT2D eigenvalue weighted by atomic mass is 35.5. The first kappa shape index (κ1) is 14.7. The average molecular weight is 348 g/mol. The molecule has 0 saturated carbocycles. The van der Waals surface area contributed by atoms with Crippen LogP contribution in [0.25, 0.3) is 11.0 Å². The van der Waals surface area contributed by atoms with E-state index in [2.05, 4.69) is 22.2 Å². The minimum atomic E-state index is -0.201. The number of aromatic nitrogens is 1. The third-order valence-corrected chi connectivity index (χ3v) is 5.25. The summed E-state index contributed by atoms with van der Waals surface area (Å²) < 4.78 is 5.34. The molecule has 0 fully saturated rings. The molecule has 4 rings (SSSR count). The minimum Gasteiger partial charge on any atom is -0.463 e. The van der Waals surface area contributed by atoms with Crippen molar-refractivity contribution >= 4 is 44.9 Å². The molecular formula is C16H14ClN3O2S. The largest absolute Gasteiger partial charge is 0.463 e. The van der Waals surface area contributed by atoms with Crippen LogP contribution in [0.2, 0.25) is 5.02 Å². The number of furan rings is 1. The van der Waals surface area contributed by atoms with Gasteiger partial charge in [-0.3, -0.25) is 10.1 Å². The van der Waals surface area contributed by atoms with E-state index in [0.29, 0.717) is 26.7 Å². The molecule has 0 atom stereocenters. The van der Waals surface area contributed by atoms with Gasteiger partial charge in [0, 0.05) is 29.8 Å². The first-order valence-corrected chi connectivity index (χ1v) is 8.45. The van der Waals surface area contributed by atoms with Crippen LogP contribution in [0.15, 0.2) is 28.9 Å². The number of fused-ring (bicyclic) bond motifs is 2. The van der Waals surface area contributed by atoms with Crippen molar-refractivity contribution in [2.24, 2.45) is 0 Å². The molecule has 7 heteroatoms. The smallest absolute Gasteiger partial charge is 0.258 e. The number of nitrogens with one attached hydrogen (secondary N) is 1. The van der Waals surface area contributed by atoms with Crippen molar-refractivity contribution in [1.29, 1.82) is 0 Å². The normalized spacial score (nSPS) is 14.9. The first-order valence-electron chi connectivity index (χ1n) is 7.26. The Bertz CT molecular complexity index is 902. The van der Waals surface area contributed by atoms with E-state index in [9.17, 15) is 4.79 Å². The summed E-state index contributed by atoms with van der Waals surface area (Å²) >= 11 is 7.62. The van der Waals surface area contributed by atoms with Gasteiger partial charge in [-0.25, -0.2) is 4.98 Å². The fraction of sp³-hybridized carbons (Fsp3) is 0.250. The average Bonchev–Trinajstić information content (AvgIpc) is 3.13. The van der Waals surface area contributed by atoms with Gasteiger partial charge < -0.3 is 9.32 Å². The Labute approximate surface area is 141 Å². The van der Waals surface area contributed by atoms with E-state index >= 15 is 0 Å². The summed E-state index contributed by atoms with van der Waals surface area (Å²) in [5.74, 6) is -0.201. The number of carbonyl (C=O) groups is 1. The standard InChI is InChI=1S/C16H14ClN3O2S/c1-20-6-4-12-13(8-20)23-16(18-12)19-15(21)10-2-3-11(17)14-9(10)5-7-22-14/h2-3,5,7H,4,6,8H2,1H3,(H,18,19,21). The van der Waals surface area contributed by atoms with Crippen molar-refractivity contribution in [3.05, 3.63) is 45.6 Å². The molecular weight excluding hydrogens is 334 g/mol. The summed E-state index contributed by atoms with van der Waals surface area (Å²) in [6, 6.07) is 5.12. The van der Waals surface area contributed by atoms with E-state index in [1.54, 1.807) is 18.2 Å². The second-order valence-electron chi connectivity index (χ2n) is 5.59. The maximum Gasteiger partial charge on any atom is 0.258 e. The fourth-order valence-corrected chi connectivity index (χ4v) is 4.06. The minimum absolute atomic E-state index is 0.201. The lowest BCUT2D eigenvalue weighted by molar-refractivity contribution is 0.102. The van der Waals surface area contributed by atoms with Crippen molar-refractivity contribution in [2.75, 3.05) is 18.9 Å². The SMILES string of the molecule is CN1CCc2nc(NC(=O)c3ccc(Cl)c4occc34)sc2C1. The second kappa shape index (κ2) is 5.63. The highest BCUT2D eigenvalue weighted by Crippen LogP contribution is 2.30. The van der Waals surface area contributed by atoms with Crippen LogP contribution in [0.3, 0.4) is 0 Å². The van der Waals surface area contributed by atoms with Gasteiger partial charge in [-0.15, -0.1) is 11.3 Å². The third kappa shape index (κ3) is 2.63. The highest BCUT2D eigenvalue weighted by molar-refractivity contribution is 7.15. The number of halogens is 1. The molecule has 0 bridgehead atoms. The Kier molecular flexibility index (Phi) is 3.60. The van der Waals surface area contributed by atoms with Gasteiger partial charge in [-0.05, 0) is 25.2 Å². The lowest BCUT2D eigenvalue weighted by Crippen LogP contribution is -2.25. The van der Waals surface area contributed by atoms with E-state index in [-0.39, 0.29) is 5.91 Å². The molecule has 118 valence electrons. The molecule has 1 N–H and O–H groups in total. The molecule has 1 aliphatic heterocycles. The molecule has 0 spiro atoms. The molecule has 2 aromatic heterocycles. The first-order chi connectivity index (χ1) is 11.1. The quantitative estimate of drug-likeness (QED) is 0.766. The third-order valence-electron chi connectivity index (χ3n) is 3.96. The van der Waals surface area contributed by atoms with Crippen LogP contribution in [0, 0.1) is 0 Å².